The molecule has 1 aliphatic heterocycles. The Labute approximate surface area is 108 Å². The van der Waals surface area contributed by atoms with Crippen LogP contribution in [0, 0.1) is 0 Å². The van der Waals surface area contributed by atoms with Gasteiger partial charge in [0.05, 0.1) is 18.2 Å². The molecule has 17 heavy (non-hydrogen) atoms. The molecule has 1 aromatic carbocycles. The summed E-state index contributed by atoms with van der Waals surface area (Å²) in [4.78, 5) is 0. The average molecular weight is 254 g/mol. The van der Waals surface area contributed by atoms with Crippen LogP contribution in [-0.4, -0.2) is 18.8 Å². The monoisotopic (exact) mass is 253 g/mol. The van der Waals surface area contributed by atoms with E-state index in [4.69, 9.17) is 16.3 Å². The number of ether oxygens (including phenoxy) is 1. The van der Waals surface area contributed by atoms with E-state index in [1.807, 2.05) is 18.2 Å². The quantitative estimate of drug-likeness (QED) is 0.886. The zero-order chi connectivity index (χ0) is 12.3. The van der Waals surface area contributed by atoms with Crippen molar-refractivity contribution in [2.24, 2.45) is 0 Å². The second-order valence-corrected chi connectivity index (χ2v) is 5.09. The Morgan fingerprint density at radius 3 is 2.88 bits per heavy atom. The minimum absolute atomic E-state index is 0.253. The van der Waals surface area contributed by atoms with Crippen molar-refractivity contribution in [2.45, 2.75) is 44.9 Å². The highest BCUT2D eigenvalue weighted by Gasteiger charge is 2.30. The molecular formula is C14H20ClNO. The van der Waals surface area contributed by atoms with Crippen LogP contribution in [0.4, 0.5) is 0 Å². The van der Waals surface area contributed by atoms with Gasteiger partial charge in [-0.3, -0.25) is 0 Å². The average Bonchev–Trinajstić information content (AvgIpc) is 2.72. The summed E-state index contributed by atoms with van der Waals surface area (Å²) in [7, 11) is 0. The normalized spacial score (nSPS) is 26.1. The fourth-order valence-electron chi connectivity index (χ4n) is 2.46. The summed E-state index contributed by atoms with van der Waals surface area (Å²) in [5.74, 6) is 0. The molecule has 0 aromatic heterocycles. The van der Waals surface area contributed by atoms with E-state index < -0.39 is 0 Å². The molecule has 94 valence electrons. The fourth-order valence-corrected chi connectivity index (χ4v) is 2.66. The highest BCUT2D eigenvalue weighted by molar-refractivity contribution is 6.30. The number of rotatable bonds is 4. The molecule has 3 unspecified atom stereocenters. The maximum absolute atomic E-state index is 6.06. The molecule has 1 N–H and O–H groups in total. The Hall–Kier alpha value is -0.570. The van der Waals surface area contributed by atoms with E-state index in [1.54, 1.807) is 0 Å². The second kappa shape index (κ2) is 5.85. The summed E-state index contributed by atoms with van der Waals surface area (Å²) in [5, 5.41) is 4.29. The molecule has 2 rings (SSSR count). The van der Waals surface area contributed by atoms with E-state index in [-0.39, 0.29) is 12.1 Å². The van der Waals surface area contributed by atoms with Crippen molar-refractivity contribution >= 4 is 11.6 Å². The van der Waals surface area contributed by atoms with Crippen LogP contribution >= 0.6 is 11.6 Å². The Balaban J connectivity index is 2.16. The summed E-state index contributed by atoms with van der Waals surface area (Å²) in [5.41, 5.74) is 1.22. The molecule has 1 heterocycles. The zero-order valence-corrected chi connectivity index (χ0v) is 11.2. The van der Waals surface area contributed by atoms with Crippen LogP contribution in [0.1, 0.15) is 38.3 Å². The van der Waals surface area contributed by atoms with Gasteiger partial charge in [-0.05, 0) is 44.0 Å². The van der Waals surface area contributed by atoms with Gasteiger partial charge in [-0.15, -0.1) is 0 Å². The van der Waals surface area contributed by atoms with Crippen LogP contribution in [0.3, 0.4) is 0 Å². The molecule has 0 spiro atoms. The summed E-state index contributed by atoms with van der Waals surface area (Å²) in [6, 6.07) is 8.31. The molecule has 1 aliphatic rings. The van der Waals surface area contributed by atoms with Gasteiger partial charge < -0.3 is 10.1 Å². The molecule has 3 atom stereocenters. The maximum Gasteiger partial charge on any atom is 0.0774 e. The number of hydrogen-bond acceptors (Lipinski definition) is 2. The van der Waals surface area contributed by atoms with E-state index in [2.05, 4.69) is 25.2 Å². The lowest BCUT2D eigenvalue weighted by molar-refractivity contribution is 0.0319. The molecule has 1 saturated heterocycles. The third-order valence-electron chi connectivity index (χ3n) is 3.27. The molecule has 0 aliphatic carbocycles. The van der Waals surface area contributed by atoms with E-state index >= 15 is 0 Å². The molecule has 0 radical (unpaired) electrons. The zero-order valence-electron chi connectivity index (χ0n) is 10.4. The van der Waals surface area contributed by atoms with Gasteiger partial charge in [0.25, 0.3) is 0 Å². The van der Waals surface area contributed by atoms with Crippen LogP contribution in [0.2, 0.25) is 5.02 Å². The number of benzene rings is 1. The van der Waals surface area contributed by atoms with Crippen molar-refractivity contribution in [2.75, 3.05) is 6.54 Å². The lowest BCUT2D eigenvalue weighted by atomic mass is 9.99. The topological polar surface area (TPSA) is 21.3 Å². The summed E-state index contributed by atoms with van der Waals surface area (Å²) in [6.45, 7) is 5.20. The van der Waals surface area contributed by atoms with Crippen molar-refractivity contribution < 1.29 is 4.74 Å². The Morgan fingerprint density at radius 1 is 1.47 bits per heavy atom. The van der Waals surface area contributed by atoms with Gasteiger partial charge in [0.1, 0.15) is 0 Å². The van der Waals surface area contributed by atoms with E-state index in [9.17, 15) is 0 Å². The first-order valence-corrected chi connectivity index (χ1v) is 6.72. The first-order valence-electron chi connectivity index (χ1n) is 6.35. The molecule has 1 fully saturated rings. The largest absolute Gasteiger partial charge is 0.373 e. The van der Waals surface area contributed by atoms with Crippen molar-refractivity contribution in [3.05, 3.63) is 34.9 Å². The first kappa shape index (κ1) is 12.9. The molecule has 3 heteroatoms. The van der Waals surface area contributed by atoms with Gasteiger partial charge in [-0.2, -0.15) is 0 Å². The minimum atomic E-state index is 0.253. The van der Waals surface area contributed by atoms with Crippen molar-refractivity contribution in [3.63, 3.8) is 0 Å². The van der Waals surface area contributed by atoms with Crippen LogP contribution in [0.5, 0.6) is 0 Å². The van der Waals surface area contributed by atoms with Crippen LogP contribution < -0.4 is 5.32 Å². The number of halogens is 1. The van der Waals surface area contributed by atoms with Gasteiger partial charge in [-0.1, -0.05) is 30.7 Å². The minimum Gasteiger partial charge on any atom is -0.373 e. The third-order valence-corrected chi connectivity index (χ3v) is 3.50. The lowest BCUT2D eigenvalue weighted by Crippen LogP contribution is -2.32. The number of hydrogen-bond donors (Lipinski definition) is 1. The third kappa shape index (κ3) is 3.21. The maximum atomic E-state index is 6.06. The Kier molecular flexibility index (Phi) is 4.43. The molecule has 2 nitrogen and oxygen atoms in total. The Morgan fingerprint density at radius 2 is 2.29 bits per heavy atom. The number of likely N-dealkylation sites (N-methyl/N-ethyl adjacent to an activating group) is 1. The predicted octanol–water partition coefficient (Wildman–Crippen LogP) is 3.56. The van der Waals surface area contributed by atoms with Gasteiger partial charge in [0.15, 0.2) is 0 Å². The second-order valence-electron chi connectivity index (χ2n) is 4.65. The molecule has 1 aromatic rings. The van der Waals surface area contributed by atoms with Crippen molar-refractivity contribution in [1.82, 2.24) is 5.32 Å². The molecule has 0 saturated carbocycles. The molecule has 0 bridgehead atoms. The van der Waals surface area contributed by atoms with Crippen molar-refractivity contribution in [1.29, 1.82) is 0 Å². The van der Waals surface area contributed by atoms with Crippen LogP contribution in [0.15, 0.2) is 24.3 Å². The SMILES string of the molecule is CCNC(c1cccc(Cl)c1)C1CCC(C)O1. The smallest absolute Gasteiger partial charge is 0.0774 e. The van der Waals surface area contributed by atoms with Gasteiger partial charge >= 0.3 is 0 Å². The van der Waals surface area contributed by atoms with E-state index in [0.717, 1.165) is 24.4 Å². The van der Waals surface area contributed by atoms with Gasteiger partial charge in [0.2, 0.25) is 0 Å². The van der Waals surface area contributed by atoms with Crippen LogP contribution in [0.25, 0.3) is 0 Å². The Bertz CT molecular complexity index is 369. The first-order chi connectivity index (χ1) is 8.20. The summed E-state index contributed by atoms with van der Waals surface area (Å²) < 4.78 is 5.96. The van der Waals surface area contributed by atoms with Crippen molar-refractivity contribution in [3.8, 4) is 0 Å². The standard InChI is InChI=1S/C14H20ClNO/c1-3-16-14(13-8-7-10(2)17-13)11-5-4-6-12(15)9-11/h4-6,9-10,13-14,16H,3,7-8H2,1-2H3. The number of nitrogens with one attached hydrogen (secondary N) is 1. The molecular weight excluding hydrogens is 234 g/mol. The summed E-state index contributed by atoms with van der Waals surface area (Å²) >= 11 is 6.06. The predicted molar refractivity (Wildman–Crippen MR) is 71.4 cm³/mol. The highest BCUT2D eigenvalue weighted by atomic mass is 35.5. The molecule has 0 amide bonds. The van der Waals surface area contributed by atoms with E-state index in [1.165, 1.54) is 5.56 Å². The van der Waals surface area contributed by atoms with Gasteiger partial charge in [0, 0.05) is 5.02 Å². The van der Waals surface area contributed by atoms with E-state index in [0.29, 0.717) is 6.10 Å². The fraction of sp³-hybridized carbons (Fsp3) is 0.571. The van der Waals surface area contributed by atoms with Crippen LogP contribution in [-0.2, 0) is 4.74 Å². The summed E-state index contributed by atoms with van der Waals surface area (Å²) in [6.07, 6.45) is 2.90. The highest BCUT2D eigenvalue weighted by Crippen LogP contribution is 2.30. The van der Waals surface area contributed by atoms with Gasteiger partial charge in [-0.25, -0.2) is 0 Å². The lowest BCUT2D eigenvalue weighted by Gasteiger charge is -2.25.